The first kappa shape index (κ1) is 36.8. The van der Waals surface area contributed by atoms with E-state index in [0.29, 0.717) is 38.7 Å². The van der Waals surface area contributed by atoms with Crippen LogP contribution in [0.1, 0.15) is 65.4 Å². The summed E-state index contributed by atoms with van der Waals surface area (Å²) >= 11 is 0. The number of hydrogen-bond acceptors (Lipinski definition) is 7. The van der Waals surface area contributed by atoms with Crippen LogP contribution >= 0.6 is 0 Å². The first-order chi connectivity index (χ1) is 22.6. The van der Waals surface area contributed by atoms with Crippen molar-refractivity contribution in [1.82, 2.24) is 4.90 Å². The third kappa shape index (κ3) is 9.31. The second-order valence-electron chi connectivity index (χ2n) is 13.6. The molecule has 0 unspecified atom stereocenters. The van der Waals surface area contributed by atoms with Crippen LogP contribution in [0.15, 0.2) is 91.0 Å². The topological polar surface area (TPSA) is 97.7 Å². The van der Waals surface area contributed by atoms with Gasteiger partial charge < -0.3 is 28.8 Å². The fraction of sp³-hybridized carbons (Fsp3) is 0.500. The van der Waals surface area contributed by atoms with Crippen LogP contribution in [-0.2, 0) is 25.2 Å². The van der Waals surface area contributed by atoms with Crippen LogP contribution in [0, 0.1) is 0 Å². The first-order valence-corrected chi connectivity index (χ1v) is 18.7. The Labute approximate surface area is 281 Å². The number of carbonyl (C=O) groups excluding carboxylic acids is 1. The number of methoxy groups -OCH3 is 1. The van der Waals surface area contributed by atoms with Gasteiger partial charge in [0, 0.05) is 20.1 Å². The zero-order chi connectivity index (χ0) is 33.9. The van der Waals surface area contributed by atoms with Crippen LogP contribution in [0.3, 0.4) is 0 Å². The number of piperidine rings is 1. The van der Waals surface area contributed by atoms with Crippen LogP contribution in [0.25, 0.3) is 0 Å². The monoisotopic (exact) mass is 663 g/mol. The second-order valence-corrected chi connectivity index (χ2v) is 17.8. The second kappa shape index (κ2) is 17.4. The molecule has 1 fully saturated rings. The Kier molecular flexibility index (Phi) is 13.6. The van der Waals surface area contributed by atoms with Gasteiger partial charge in [-0.1, -0.05) is 112 Å². The highest BCUT2D eigenvalue weighted by Crippen LogP contribution is 2.40. The molecule has 8 nitrogen and oxygen atoms in total. The Morgan fingerprint density at radius 3 is 2.06 bits per heavy atom. The summed E-state index contributed by atoms with van der Waals surface area (Å²) in [5.41, 5.74) is 0.883. The van der Waals surface area contributed by atoms with E-state index >= 15 is 0 Å². The number of rotatable bonds is 15. The van der Waals surface area contributed by atoms with E-state index in [4.69, 9.17) is 18.6 Å². The lowest BCUT2D eigenvalue weighted by molar-refractivity contribution is -0.0750. The minimum Gasteiger partial charge on any atom is -0.445 e. The van der Waals surface area contributed by atoms with Crippen molar-refractivity contribution < 1.29 is 33.6 Å². The van der Waals surface area contributed by atoms with Crippen molar-refractivity contribution in [2.45, 2.75) is 102 Å². The number of aliphatic hydroxyl groups is 2. The molecule has 9 heteroatoms. The Bertz CT molecular complexity index is 1300. The molecule has 2 N–H and O–H groups in total. The van der Waals surface area contributed by atoms with Gasteiger partial charge in [-0.3, -0.25) is 4.90 Å². The number of ether oxygens (including phenoxy) is 3. The van der Waals surface area contributed by atoms with Crippen molar-refractivity contribution in [3.05, 3.63) is 96.6 Å². The van der Waals surface area contributed by atoms with E-state index in [2.05, 4.69) is 45.0 Å². The molecule has 0 bridgehead atoms. The van der Waals surface area contributed by atoms with Crippen molar-refractivity contribution in [1.29, 1.82) is 0 Å². The number of aliphatic hydroxyl groups excluding tert-OH is 2. The van der Waals surface area contributed by atoms with Crippen LogP contribution in [0.2, 0.25) is 5.04 Å². The highest BCUT2D eigenvalue weighted by molar-refractivity contribution is 6.99. The average molecular weight is 664 g/mol. The first-order valence-electron chi connectivity index (χ1n) is 16.8. The summed E-state index contributed by atoms with van der Waals surface area (Å²) in [6.45, 7) is 9.50. The van der Waals surface area contributed by atoms with Gasteiger partial charge in [0.2, 0.25) is 0 Å². The van der Waals surface area contributed by atoms with Gasteiger partial charge >= 0.3 is 6.09 Å². The molecule has 5 atom stereocenters. The van der Waals surface area contributed by atoms with Gasteiger partial charge in [-0.2, -0.15) is 0 Å². The molecule has 3 aromatic carbocycles. The largest absolute Gasteiger partial charge is 0.445 e. The van der Waals surface area contributed by atoms with Gasteiger partial charge in [-0.05, 0) is 53.6 Å². The van der Waals surface area contributed by atoms with E-state index in [0.717, 1.165) is 15.9 Å². The molecular weight excluding hydrogens is 611 g/mol. The Morgan fingerprint density at radius 2 is 1.51 bits per heavy atom. The van der Waals surface area contributed by atoms with Crippen molar-refractivity contribution in [2.75, 3.05) is 20.5 Å². The van der Waals surface area contributed by atoms with Crippen LogP contribution < -0.4 is 10.4 Å². The maximum Gasteiger partial charge on any atom is 0.410 e. The van der Waals surface area contributed by atoms with Gasteiger partial charge in [0.1, 0.15) is 13.4 Å². The lowest BCUT2D eigenvalue weighted by Crippen LogP contribution is -2.71. The highest BCUT2D eigenvalue weighted by Gasteiger charge is 2.54. The van der Waals surface area contributed by atoms with E-state index in [1.54, 1.807) is 12.0 Å². The van der Waals surface area contributed by atoms with E-state index < -0.39 is 44.8 Å². The number of benzene rings is 3. The minimum absolute atomic E-state index is 0.121. The Hall–Kier alpha value is -3.05. The summed E-state index contributed by atoms with van der Waals surface area (Å²) < 4.78 is 23.6. The molecule has 0 aliphatic carbocycles. The summed E-state index contributed by atoms with van der Waals surface area (Å²) in [4.78, 5) is 15.6. The number of hydrogen-bond donors (Lipinski definition) is 2. The lowest BCUT2D eigenvalue weighted by atomic mass is 9.88. The van der Waals surface area contributed by atoms with E-state index in [9.17, 15) is 15.0 Å². The minimum atomic E-state index is -2.98. The van der Waals surface area contributed by atoms with Crippen molar-refractivity contribution in [3.8, 4) is 0 Å². The molecule has 0 saturated carbocycles. The molecule has 1 aliphatic heterocycles. The molecule has 3 aromatic rings. The lowest BCUT2D eigenvalue weighted by Gasteiger charge is -2.51. The summed E-state index contributed by atoms with van der Waals surface area (Å²) in [7, 11) is -1.40. The molecule has 4 rings (SSSR count). The van der Waals surface area contributed by atoms with Gasteiger partial charge in [0.25, 0.3) is 8.32 Å². The molecule has 47 heavy (non-hydrogen) atoms. The van der Waals surface area contributed by atoms with Crippen LogP contribution in [0.4, 0.5) is 4.79 Å². The maximum atomic E-state index is 14.0. The molecule has 1 amide bonds. The van der Waals surface area contributed by atoms with Gasteiger partial charge in [0.15, 0.2) is 0 Å². The zero-order valence-electron chi connectivity index (χ0n) is 28.6. The van der Waals surface area contributed by atoms with E-state index in [1.165, 1.54) is 0 Å². The molecule has 256 valence electrons. The number of nitrogens with zero attached hydrogens (tertiary/aromatic N) is 1. The standard InChI is InChI=1S/C38H53NO7Si/c1-29-36(46-47(38(2,3)4,32-19-11-7-12-20-32)33-21-13-8-14-22-33)26-35(41)34(24-23-31(40)18-15-25-44-28-43-5)39(29)37(42)45-27-30-16-9-6-10-17-30/h6-14,16-17,19-22,29,31,34-36,40-41H,15,18,23-28H2,1-5H3/t29-,31+,34+,35-,36-/m0/s1. The summed E-state index contributed by atoms with van der Waals surface area (Å²) in [5, 5.41) is 24.6. The Balaban J connectivity index is 1.62. The highest BCUT2D eigenvalue weighted by atomic mass is 28.4. The molecule has 0 aromatic heterocycles. The van der Waals surface area contributed by atoms with Crippen LogP contribution in [-0.4, -0.2) is 80.4 Å². The summed E-state index contributed by atoms with van der Waals surface area (Å²) in [6.07, 6.45) is 0.0566. The number of likely N-dealkylation sites (tertiary alicyclic amines) is 1. The predicted octanol–water partition coefficient (Wildman–Crippen LogP) is 5.63. The fourth-order valence-electron chi connectivity index (χ4n) is 6.82. The van der Waals surface area contributed by atoms with Gasteiger partial charge in [-0.25, -0.2) is 4.79 Å². The predicted molar refractivity (Wildman–Crippen MR) is 187 cm³/mol. The average Bonchev–Trinajstić information content (AvgIpc) is 3.07. The van der Waals surface area contributed by atoms with Crippen molar-refractivity contribution >= 4 is 24.8 Å². The molecular formula is C38H53NO7Si. The fourth-order valence-corrected chi connectivity index (χ4v) is 11.6. The maximum absolute atomic E-state index is 14.0. The van der Waals surface area contributed by atoms with Gasteiger partial charge in [0.05, 0.1) is 30.4 Å². The summed E-state index contributed by atoms with van der Waals surface area (Å²) in [6, 6.07) is 29.4. The third-order valence-corrected chi connectivity index (χ3v) is 14.3. The summed E-state index contributed by atoms with van der Waals surface area (Å²) in [5.74, 6) is 0. The number of carbonyl (C=O) groups is 1. The quantitative estimate of drug-likeness (QED) is 0.124. The van der Waals surface area contributed by atoms with E-state index in [-0.39, 0.29) is 18.4 Å². The zero-order valence-corrected chi connectivity index (χ0v) is 29.6. The molecule has 1 heterocycles. The Morgan fingerprint density at radius 1 is 0.936 bits per heavy atom. The number of amides is 1. The van der Waals surface area contributed by atoms with Crippen LogP contribution in [0.5, 0.6) is 0 Å². The smallest absolute Gasteiger partial charge is 0.410 e. The normalized spacial score (nSPS) is 21.0. The van der Waals surface area contributed by atoms with Crippen molar-refractivity contribution in [3.63, 3.8) is 0 Å². The molecule has 0 spiro atoms. The van der Waals surface area contributed by atoms with Crippen molar-refractivity contribution in [2.24, 2.45) is 0 Å². The van der Waals surface area contributed by atoms with E-state index in [1.807, 2.05) is 73.7 Å². The molecule has 0 radical (unpaired) electrons. The van der Waals surface area contributed by atoms with Gasteiger partial charge in [-0.15, -0.1) is 0 Å². The molecule has 1 saturated heterocycles. The SMILES string of the molecule is COCOCCC[C@@H](O)CC[C@@H]1[C@@H](O)C[C@H](O[Si](c2ccccc2)(c2ccccc2)C(C)(C)C)[C@H](C)N1C(=O)OCc1ccccc1. The third-order valence-electron chi connectivity index (χ3n) is 9.24. The molecule has 1 aliphatic rings.